The SMILES string of the molecule is CC1(C)OC(=O)C[C@H](O)[C@]2(C)[C@@H]1CC(=O)[C@]1(C)[C@@H]2[C@H](O)C[C@]2(C)[C@H](c3ccoc3)OC(=O)[C@H]3O[C@@]321. The van der Waals surface area contributed by atoms with Gasteiger partial charge in [-0.05, 0) is 33.3 Å². The maximum atomic E-state index is 14.2. The smallest absolute Gasteiger partial charge is 0.339 e. The largest absolute Gasteiger partial charge is 0.472 e. The fraction of sp³-hybridized carbons (Fsp3) is 0.731. The minimum Gasteiger partial charge on any atom is -0.472 e. The fourth-order valence-corrected chi connectivity index (χ4v) is 9.05. The quantitative estimate of drug-likeness (QED) is 0.450. The Hall–Kier alpha value is -2.23. The molecular weight excluding hydrogens is 456 g/mol. The van der Waals surface area contributed by atoms with Crippen molar-refractivity contribution in [1.82, 2.24) is 0 Å². The molecule has 0 unspecified atom stereocenters. The molecule has 4 heterocycles. The molecule has 9 nitrogen and oxygen atoms in total. The van der Waals surface area contributed by atoms with E-state index in [9.17, 15) is 24.6 Å². The van der Waals surface area contributed by atoms with Gasteiger partial charge in [-0.2, -0.15) is 0 Å². The van der Waals surface area contributed by atoms with Gasteiger partial charge in [0, 0.05) is 34.7 Å². The van der Waals surface area contributed by atoms with Gasteiger partial charge >= 0.3 is 11.9 Å². The summed E-state index contributed by atoms with van der Waals surface area (Å²) in [5.74, 6) is -2.57. The van der Waals surface area contributed by atoms with E-state index in [4.69, 9.17) is 18.6 Å². The highest BCUT2D eigenvalue weighted by Crippen LogP contribution is 2.78. The standard InChI is InChI=1S/C26H32O9/c1-22(2)14-8-16(29)25(5)18(24(14,4)15(28)9-17(30)34-22)13(27)10-23(3)19(12-6-7-32-11-12)33-21(31)20-26(23,25)35-20/h6-7,11,13-15,18-20,27-28H,8-10H2,1-5H3/t13-,14-,15+,18-,19+,20-,23-,24+,25-,26+/m1/s1. The maximum absolute atomic E-state index is 14.2. The van der Waals surface area contributed by atoms with Crippen molar-refractivity contribution in [3.05, 3.63) is 24.2 Å². The summed E-state index contributed by atoms with van der Waals surface area (Å²) in [4.78, 5) is 39.9. The number of carbonyl (C=O) groups excluding carboxylic acids is 3. The number of ketones is 1. The van der Waals surface area contributed by atoms with Crippen molar-refractivity contribution >= 4 is 17.7 Å². The summed E-state index contributed by atoms with van der Waals surface area (Å²) in [7, 11) is 0. The van der Waals surface area contributed by atoms with Crippen LogP contribution in [0.15, 0.2) is 23.0 Å². The van der Waals surface area contributed by atoms with E-state index in [0.29, 0.717) is 5.56 Å². The van der Waals surface area contributed by atoms with Crippen LogP contribution < -0.4 is 0 Å². The zero-order valence-corrected chi connectivity index (χ0v) is 20.6. The van der Waals surface area contributed by atoms with Gasteiger partial charge in [-0.25, -0.2) is 4.79 Å². The van der Waals surface area contributed by atoms with Crippen molar-refractivity contribution in [2.75, 3.05) is 0 Å². The average molecular weight is 489 g/mol. The minimum atomic E-state index is -1.32. The molecule has 3 aliphatic heterocycles. The van der Waals surface area contributed by atoms with Crippen LogP contribution in [0, 0.1) is 28.1 Å². The zero-order chi connectivity index (χ0) is 25.3. The van der Waals surface area contributed by atoms with Crippen molar-refractivity contribution in [2.45, 2.75) is 89.5 Å². The Balaban J connectivity index is 1.56. The van der Waals surface area contributed by atoms with Gasteiger partial charge in [-0.3, -0.25) is 9.59 Å². The van der Waals surface area contributed by atoms with Gasteiger partial charge in [0.25, 0.3) is 0 Å². The summed E-state index contributed by atoms with van der Waals surface area (Å²) in [6, 6.07) is 1.71. The molecule has 1 aromatic rings. The van der Waals surface area contributed by atoms with Gasteiger partial charge in [0.2, 0.25) is 0 Å². The number of aliphatic hydroxyl groups is 2. The van der Waals surface area contributed by atoms with Crippen LogP contribution >= 0.6 is 0 Å². The predicted octanol–water partition coefficient (Wildman–Crippen LogP) is 2.09. The molecule has 0 radical (unpaired) electrons. The maximum Gasteiger partial charge on any atom is 0.339 e. The summed E-state index contributed by atoms with van der Waals surface area (Å²) in [5.41, 5.74) is -4.94. The number of hydrogen-bond donors (Lipinski definition) is 2. The van der Waals surface area contributed by atoms with Crippen LogP contribution in [0.3, 0.4) is 0 Å². The molecule has 9 heteroatoms. The first kappa shape index (κ1) is 23.2. The van der Waals surface area contributed by atoms with Gasteiger partial charge in [-0.1, -0.05) is 13.8 Å². The first-order chi connectivity index (χ1) is 16.2. The molecule has 190 valence electrons. The third-order valence-corrected chi connectivity index (χ3v) is 10.4. The molecule has 6 rings (SSSR count). The third-order valence-electron chi connectivity index (χ3n) is 10.4. The molecular formula is C26H32O9. The van der Waals surface area contributed by atoms with Crippen LogP contribution in [0.1, 0.15) is 65.5 Å². The summed E-state index contributed by atoms with van der Waals surface area (Å²) in [5, 5.41) is 23.3. The number of esters is 2. The number of furan rings is 1. The van der Waals surface area contributed by atoms with Gasteiger partial charge < -0.3 is 28.8 Å². The highest BCUT2D eigenvalue weighted by Gasteiger charge is 2.90. The van der Waals surface area contributed by atoms with Crippen molar-refractivity contribution < 1.29 is 43.2 Å². The van der Waals surface area contributed by atoms with Crippen molar-refractivity contribution in [2.24, 2.45) is 28.1 Å². The molecule has 0 bridgehead atoms. The lowest BCUT2D eigenvalue weighted by Gasteiger charge is -2.67. The topological polar surface area (TPSA) is 136 Å². The predicted molar refractivity (Wildman–Crippen MR) is 117 cm³/mol. The highest BCUT2D eigenvalue weighted by atomic mass is 16.7. The van der Waals surface area contributed by atoms with Crippen LogP contribution in [-0.2, 0) is 28.6 Å². The average Bonchev–Trinajstić information content (AvgIpc) is 3.34. The Labute approximate surface area is 203 Å². The first-order valence-corrected chi connectivity index (χ1v) is 12.3. The molecule has 2 aliphatic carbocycles. The molecule has 3 saturated heterocycles. The van der Waals surface area contributed by atoms with E-state index in [1.807, 2.05) is 13.8 Å². The van der Waals surface area contributed by atoms with Crippen molar-refractivity contribution in [1.29, 1.82) is 0 Å². The number of fused-ring (bicyclic) bond motifs is 3. The molecule has 10 atom stereocenters. The summed E-state index contributed by atoms with van der Waals surface area (Å²) in [6.45, 7) is 9.01. The van der Waals surface area contributed by atoms with Crippen molar-refractivity contribution in [3.63, 3.8) is 0 Å². The Morgan fingerprint density at radius 3 is 2.37 bits per heavy atom. The third kappa shape index (κ3) is 2.42. The van der Waals surface area contributed by atoms with Crippen LogP contribution in [0.25, 0.3) is 0 Å². The van der Waals surface area contributed by atoms with Gasteiger partial charge in [0.05, 0.1) is 36.6 Å². The first-order valence-electron chi connectivity index (χ1n) is 12.3. The fourth-order valence-electron chi connectivity index (χ4n) is 9.05. The number of rotatable bonds is 1. The number of hydrogen-bond acceptors (Lipinski definition) is 9. The second-order valence-corrected chi connectivity index (χ2v) is 12.3. The molecule has 5 aliphatic rings. The van der Waals surface area contributed by atoms with Crippen molar-refractivity contribution in [3.8, 4) is 0 Å². The van der Waals surface area contributed by atoms with Crippen LogP contribution in [0.5, 0.6) is 0 Å². The van der Waals surface area contributed by atoms with Crippen LogP contribution in [0.2, 0.25) is 0 Å². The molecule has 35 heavy (non-hydrogen) atoms. The lowest BCUT2D eigenvalue weighted by Crippen LogP contribution is -2.75. The van der Waals surface area contributed by atoms with Gasteiger partial charge in [-0.15, -0.1) is 0 Å². The molecule has 1 aromatic heterocycles. The van der Waals surface area contributed by atoms with E-state index in [1.165, 1.54) is 12.5 Å². The Bertz CT molecular complexity index is 1130. The van der Waals surface area contributed by atoms with E-state index < -0.39 is 75.6 Å². The second kappa shape index (κ2) is 6.55. The molecule has 5 fully saturated rings. The van der Waals surface area contributed by atoms with E-state index in [1.54, 1.807) is 26.8 Å². The summed E-state index contributed by atoms with van der Waals surface area (Å²) >= 11 is 0. The van der Waals surface area contributed by atoms with Gasteiger partial charge in [0.1, 0.15) is 23.1 Å². The lowest BCUT2D eigenvalue weighted by molar-refractivity contribution is -0.257. The number of cyclic esters (lactones) is 2. The van der Waals surface area contributed by atoms with E-state index in [2.05, 4.69) is 0 Å². The van der Waals surface area contributed by atoms with Crippen LogP contribution in [0.4, 0.5) is 0 Å². The monoisotopic (exact) mass is 488 g/mol. The molecule has 1 spiro atoms. The van der Waals surface area contributed by atoms with Gasteiger partial charge in [0.15, 0.2) is 6.10 Å². The van der Waals surface area contributed by atoms with E-state index in [0.717, 1.165) is 0 Å². The Kier molecular flexibility index (Phi) is 4.34. The molecule has 0 amide bonds. The highest BCUT2D eigenvalue weighted by molar-refractivity contribution is 5.93. The number of Topliss-reactive ketones (excluding diaryl/α,β-unsaturated/α-hetero) is 1. The minimum absolute atomic E-state index is 0.0207. The molecule has 2 N–H and O–H groups in total. The normalized spacial score (nSPS) is 52.1. The number of ether oxygens (including phenoxy) is 3. The summed E-state index contributed by atoms with van der Waals surface area (Å²) < 4.78 is 23.0. The lowest BCUT2D eigenvalue weighted by atomic mass is 9.36. The van der Waals surface area contributed by atoms with E-state index in [-0.39, 0.29) is 25.0 Å². The summed E-state index contributed by atoms with van der Waals surface area (Å²) in [6.07, 6.45) is -0.973. The molecule has 0 aromatic carbocycles. The van der Waals surface area contributed by atoms with E-state index >= 15 is 0 Å². The Morgan fingerprint density at radius 1 is 1.00 bits per heavy atom. The number of aliphatic hydroxyl groups excluding tert-OH is 2. The second-order valence-electron chi connectivity index (χ2n) is 12.3. The Morgan fingerprint density at radius 2 is 1.71 bits per heavy atom. The number of carbonyl (C=O) groups is 3. The van der Waals surface area contributed by atoms with Crippen LogP contribution in [-0.4, -0.2) is 57.4 Å². The molecule has 2 saturated carbocycles. The zero-order valence-electron chi connectivity index (χ0n) is 20.6. The number of epoxide rings is 1.